The van der Waals surface area contributed by atoms with Gasteiger partial charge in [0, 0.05) is 12.6 Å². The van der Waals surface area contributed by atoms with E-state index >= 15 is 0 Å². The summed E-state index contributed by atoms with van der Waals surface area (Å²) in [5.41, 5.74) is 8.03. The lowest BCUT2D eigenvalue weighted by Crippen LogP contribution is -2.41. The molecule has 7 heteroatoms. The summed E-state index contributed by atoms with van der Waals surface area (Å²) < 4.78 is 1.61. The van der Waals surface area contributed by atoms with Crippen LogP contribution in [0.2, 0.25) is 0 Å². The van der Waals surface area contributed by atoms with Crippen LogP contribution >= 0.6 is 12.4 Å². The van der Waals surface area contributed by atoms with E-state index in [0.29, 0.717) is 18.2 Å². The van der Waals surface area contributed by atoms with Gasteiger partial charge < -0.3 is 11.1 Å². The lowest BCUT2D eigenvalue weighted by molar-refractivity contribution is 0.0928. The average molecular weight is 322 g/mol. The molecule has 0 radical (unpaired) electrons. The zero-order valence-electron chi connectivity index (χ0n) is 12.4. The van der Waals surface area contributed by atoms with Crippen molar-refractivity contribution in [3.05, 3.63) is 41.7 Å². The van der Waals surface area contributed by atoms with E-state index < -0.39 is 0 Å². The Morgan fingerprint density at radius 2 is 2.27 bits per heavy atom. The van der Waals surface area contributed by atoms with Crippen LogP contribution in [0, 0.1) is 12.8 Å². The molecular weight excluding hydrogens is 302 g/mol. The quantitative estimate of drug-likeness (QED) is 0.873. The van der Waals surface area contributed by atoms with Gasteiger partial charge in [-0.25, -0.2) is 4.68 Å². The number of benzene rings is 1. The first-order valence-electron chi connectivity index (χ1n) is 7.17. The molecule has 22 heavy (non-hydrogen) atoms. The lowest BCUT2D eigenvalue weighted by atomic mass is 10.2. The minimum absolute atomic E-state index is 0. The SMILES string of the molecule is Cc1cccc(-n2cc(C(=O)NC(CN)C3CC3)nn2)c1.Cl. The molecule has 1 aromatic heterocycles. The number of carbonyl (C=O) groups is 1. The zero-order valence-corrected chi connectivity index (χ0v) is 13.2. The van der Waals surface area contributed by atoms with Gasteiger partial charge in [-0.05, 0) is 43.4 Å². The van der Waals surface area contributed by atoms with Crippen molar-refractivity contribution < 1.29 is 4.79 Å². The van der Waals surface area contributed by atoms with Gasteiger partial charge in [-0.2, -0.15) is 0 Å². The molecule has 1 saturated carbocycles. The molecule has 1 aliphatic rings. The normalized spacial score (nSPS) is 15.0. The van der Waals surface area contributed by atoms with Crippen molar-refractivity contribution in [2.45, 2.75) is 25.8 Å². The molecule has 0 bridgehead atoms. The number of rotatable bonds is 5. The van der Waals surface area contributed by atoms with E-state index in [9.17, 15) is 4.79 Å². The van der Waals surface area contributed by atoms with Crippen molar-refractivity contribution in [3.63, 3.8) is 0 Å². The molecule has 118 valence electrons. The number of hydrogen-bond acceptors (Lipinski definition) is 4. The maximum absolute atomic E-state index is 12.2. The van der Waals surface area contributed by atoms with Crippen molar-refractivity contribution in [2.24, 2.45) is 11.7 Å². The Balaban J connectivity index is 0.00000176. The standard InChI is InChI=1S/C15H19N5O.ClH/c1-10-3-2-4-12(7-10)20-9-14(18-19-20)15(21)17-13(8-16)11-5-6-11;/h2-4,7,9,11,13H,5-6,8,16H2,1H3,(H,17,21);1H. The summed E-state index contributed by atoms with van der Waals surface area (Å²) in [6.45, 7) is 2.47. The molecule has 0 aliphatic heterocycles. The number of nitrogens with zero attached hydrogens (tertiary/aromatic N) is 3. The van der Waals surface area contributed by atoms with E-state index in [0.717, 1.165) is 24.1 Å². The third kappa shape index (κ3) is 3.64. The van der Waals surface area contributed by atoms with Gasteiger partial charge in [-0.1, -0.05) is 17.3 Å². The van der Waals surface area contributed by atoms with Crippen molar-refractivity contribution in [3.8, 4) is 5.69 Å². The molecule has 1 heterocycles. The van der Waals surface area contributed by atoms with Crippen LogP contribution in [-0.4, -0.2) is 33.5 Å². The zero-order chi connectivity index (χ0) is 14.8. The third-order valence-corrected chi connectivity index (χ3v) is 3.75. The predicted molar refractivity (Wildman–Crippen MR) is 86.4 cm³/mol. The monoisotopic (exact) mass is 321 g/mol. The Morgan fingerprint density at radius 1 is 1.50 bits per heavy atom. The molecule has 0 saturated heterocycles. The molecule has 1 fully saturated rings. The highest BCUT2D eigenvalue weighted by atomic mass is 35.5. The molecule has 2 aromatic rings. The summed E-state index contributed by atoms with van der Waals surface area (Å²) in [6, 6.07) is 7.92. The number of carbonyl (C=O) groups excluding carboxylic acids is 1. The minimum atomic E-state index is -0.212. The molecular formula is C15H20ClN5O. The number of amides is 1. The third-order valence-electron chi connectivity index (χ3n) is 3.75. The first-order chi connectivity index (χ1) is 10.2. The second-order valence-electron chi connectivity index (χ2n) is 5.54. The van der Waals surface area contributed by atoms with Gasteiger partial charge in [0.05, 0.1) is 11.9 Å². The molecule has 0 spiro atoms. The summed E-state index contributed by atoms with van der Waals surface area (Å²) in [5.74, 6) is 0.307. The Labute approximate surface area is 135 Å². The Kier molecular flexibility index (Phi) is 5.15. The van der Waals surface area contributed by atoms with Crippen molar-refractivity contribution in [2.75, 3.05) is 6.54 Å². The van der Waals surface area contributed by atoms with Crippen molar-refractivity contribution in [1.29, 1.82) is 0 Å². The highest BCUT2D eigenvalue weighted by Crippen LogP contribution is 2.32. The molecule has 3 N–H and O–H groups in total. The van der Waals surface area contributed by atoms with Crippen molar-refractivity contribution >= 4 is 18.3 Å². The van der Waals surface area contributed by atoms with Crippen LogP contribution in [-0.2, 0) is 0 Å². The fraction of sp³-hybridized carbons (Fsp3) is 0.400. The predicted octanol–water partition coefficient (Wildman–Crippen LogP) is 1.46. The first kappa shape index (κ1) is 16.5. The Bertz CT molecular complexity index is 653. The summed E-state index contributed by atoms with van der Waals surface area (Å²) >= 11 is 0. The number of halogens is 1. The maximum atomic E-state index is 12.2. The van der Waals surface area contributed by atoms with Crippen molar-refractivity contribution in [1.82, 2.24) is 20.3 Å². The van der Waals surface area contributed by atoms with Crippen LogP contribution in [0.1, 0.15) is 28.9 Å². The van der Waals surface area contributed by atoms with Gasteiger partial charge in [-0.3, -0.25) is 4.79 Å². The highest BCUT2D eigenvalue weighted by Gasteiger charge is 2.31. The lowest BCUT2D eigenvalue weighted by Gasteiger charge is -2.14. The minimum Gasteiger partial charge on any atom is -0.346 e. The fourth-order valence-electron chi connectivity index (χ4n) is 2.37. The van der Waals surface area contributed by atoms with E-state index in [1.165, 1.54) is 0 Å². The molecule has 1 aliphatic carbocycles. The van der Waals surface area contributed by atoms with E-state index in [4.69, 9.17) is 5.73 Å². The number of hydrogen-bond donors (Lipinski definition) is 2. The van der Waals surface area contributed by atoms with Gasteiger partial charge in [0.2, 0.25) is 0 Å². The highest BCUT2D eigenvalue weighted by molar-refractivity contribution is 5.92. The Hall–Kier alpha value is -1.92. The van der Waals surface area contributed by atoms with Crippen LogP contribution in [0.15, 0.2) is 30.5 Å². The molecule has 1 aromatic carbocycles. The van der Waals surface area contributed by atoms with Crippen LogP contribution < -0.4 is 11.1 Å². The van der Waals surface area contributed by atoms with Crippen LogP contribution in [0.25, 0.3) is 5.69 Å². The summed E-state index contributed by atoms with van der Waals surface area (Å²) in [7, 11) is 0. The van der Waals surface area contributed by atoms with E-state index in [2.05, 4.69) is 15.6 Å². The molecule has 1 unspecified atom stereocenters. The largest absolute Gasteiger partial charge is 0.346 e. The average Bonchev–Trinajstić information content (AvgIpc) is 3.20. The number of nitrogens with two attached hydrogens (primary N) is 1. The molecule has 6 nitrogen and oxygen atoms in total. The van der Waals surface area contributed by atoms with Gasteiger partial charge in [0.15, 0.2) is 5.69 Å². The summed E-state index contributed by atoms with van der Waals surface area (Å²) in [4.78, 5) is 12.2. The van der Waals surface area contributed by atoms with E-state index in [1.54, 1.807) is 10.9 Å². The maximum Gasteiger partial charge on any atom is 0.273 e. The summed E-state index contributed by atoms with van der Waals surface area (Å²) in [5, 5.41) is 10.9. The number of aryl methyl sites for hydroxylation is 1. The van der Waals surface area contributed by atoms with E-state index in [1.807, 2.05) is 31.2 Å². The number of nitrogens with one attached hydrogen (secondary N) is 1. The van der Waals surface area contributed by atoms with Crippen LogP contribution in [0.3, 0.4) is 0 Å². The Morgan fingerprint density at radius 3 is 2.91 bits per heavy atom. The second-order valence-corrected chi connectivity index (χ2v) is 5.54. The van der Waals surface area contributed by atoms with Gasteiger partial charge >= 0.3 is 0 Å². The van der Waals surface area contributed by atoms with Gasteiger partial charge in [0.25, 0.3) is 5.91 Å². The molecule has 1 atom stereocenters. The molecule has 3 rings (SSSR count). The number of aromatic nitrogens is 3. The first-order valence-corrected chi connectivity index (χ1v) is 7.17. The van der Waals surface area contributed by atoms with Gasteiger partial charge in [-0.15, -0.1) is 17.5 Å². The van der Waals surface area contributed by atoms with Gasteiger partial charge in [0.1, 0.15) is 0 Å². The van der Waals surface area contributed by atoms with Crippen LogP contribution in [0.4, 0.5) is 0 Å². The van der Waals surface area contributed by atoms with E-state index in [-0.39, 0.29) is 24.4 Å². The second kappa shape index (κ2) is 6.89. The molecule has 1 amide bonds. The smallest absolute Gasteiger partial charge is 0.273 e. The summed E-state index contributed by atoms with van der Waals surface area (Å²) in [6.07, 6.45) is 3.92. The fourth-order valence-corrected chi connectivity index (χ4v) is 2.37. The van der Waals surface area contributed by atoms with Crippen LogP contribution in [0.5, 0.6) is 0 Å². The topological polar surface area (TPSA) is 85.8 Å².